The molecule has 28 heavy (non-hydrogen) atoms. The lowest BCUT2D eigenvalue weighted by Crippen LogP contribution is -2.27. The van der Waals surface area contributed by atoms with E-state index in [0.717, 1.165) is 33.4 Å². The maximum absolute atomic E-state index is 12.6. The van der Waals surface area contributed by atoms with Crippen molar-refractivity contribution in [3.05, 3.63) is 77.2 Å². The molecule has 142 valence electrons. The molecule has 1 N–H and O–H groups in total. The van der Waals surface area contributed by atoms with Crippen LogP contribution in [0.1, 0.15) is 24.1 Å². The predicted molar refractivity (Wildman–Crippen MR) is 111 cm³/mol. The topological polar surface area (TPSA) is 55.6 Å². The molecule has 0 aliphatic rings. The number of hydrogen-bond acceptors (Lipinski definition) is 3. The predicted octanol–water partition coefficient (Wildman–Crippen LogP) is 4.57. The van der Waals surface area contributed by atoms with Crippen molar-refractivity contribution in [2.45, 2.75) is 19.4 Å². The van der Waals surface area contributed by atoms with Gasteiger partial charge in [0.05, 0.1) is 30.3 Å². The van der Waals surface area contributed by atoms with Crippen LogP contribution in [0.5, 0.6) is 5.75 Å². The smallest absolute Gasteiger partial charge is 0.227 e. The number of halogens is 1. The zero-order chi connectivity index (χ0) is 19.7. The Labute approximate surface area is 167 Å². The second-order valence-electron chi connectivity index (χ2n) is 6.76. The summed E-state index contributed by atoms with van der Waals surface area (Å²) >= 11 is 6.00. The minimum Gasteiger partial charge on any atom is -0.497 e. The molecule has 0 aliphatic carbocycles. The van der Waals surface area contributed by atoms with Gasteiger partial charge in [-0.15, -0.1) is 0 Å². The molecule has 0 aliphatic heterocycles. The molecule has 1 amide bonds. The lowest BCUT2D eigenvalue weighted by molar-refractivity contribution is -0.122. The van der Waals surface area contributed by atoms with Crippen molar-refractivity contribution in [1.82, 2.24) is 14.7 Å². The van der Waals surface area contributed by atoms with Crippen LogP contribution < -0.4 is 10.1 Å². The summed E-state index contributed by atoms with van der Waals surface area (Å²) in [5, 5.41) is 5.77. The van der Waals surface area contributed by atoms with Gasteiger partial charge < -0.3 is 14.5 Å². The molecule has 4 aromatic rings. The highest BCUT2D eigenvalue weighted by Crippen LogP contribution is 2.25. The van der Waals surface area contributed by atoms with Gasteiger partial charge in [0.2, 0.25) is 5.91 Å². The highest BCUT2D eigenvalue weighted by molar-refractivity contribution is 6.30. The summed E-state index contributed by atoms with van der Waals surface area (Å²) in [4.78, 5) is 17.1. The Bertz CT molecular complexity index is 1170. The first-order valence-electron chi connectivity index (χ1n) is 9.02. The SMILES string of the molecule is COc1ccc2cc([C@@H](C)C(=O)NCc3cn4cc(Cl)ccc4n3)ccc2c1. The van der Waals surface area contributed by atoms with Crippen molar-refractivity contribution in [2.24, 2.45) is 0 Å². The maximum atomic E-state index is 12.6. The van der Waals surface area contributed by atoms with E-state index < -0.39 is 0 Å². The molecule has 2 aromatic carbocycles. The van der Waals surface area contributed by atoms with Crippen LogP contribution in [0.3, 0.4) is 0 Å². The van der Waals surface area contributed by atoms with Crippen molar-refractivity contribution in [2.75, 3.05) is 7.11 Å². The van der Waals surface area contributed by atoms with Crippen LogP contribution in [0.2, 0.25) is 5.02 Å². The normalized spacial score (nSPS) is 12.2. The number of carbonyl (C=O) groups is 1. The van der Waals surface area contributed by atoms with Crippen LogP contribution in [-0.2, 0) is 11.3 Å². The largest absolute Gasteiger partial charge is 0.497 e. The average molecular weight is 394 g/mol. The third-order valence-corrected chi connectivity index (χ3v) is 5.10. The van der Waals surface area contributed by atoms with Crippen molar-refractivity contribution in [3.8, 4) is 5.75 Å². The van der Waals surface area contributed by atoms with Crippen molar-refractivity contribution < 1.29 is 9.53 Å². The van der Waals surface area contributed by atoms with E-state index in [0.29, 0.717) is 11.6 Å². The zero-order valence-corrected chi connectivity index (χ0v) is 16.4. The van der Waals surface area contributed by atoms with E-state index in [9.17, 15) is 4.79 Å². The van der Waals surface area contributed by atoms with Crippen LogP contribution >= 0.6 is 11.6 Å². The number of benzene rings is 2. The Morgan fingerprint density at radius 1 is 1.14 bits per heavy atom. The number of rotatable bonds is 5. The standard InChI is InChI=1S/C22H20ClN3O2/c1-14(15-3-4-17-10-20(28-2)7-5-16(17)9-15)22(27)24-11-19-13-26-12-18(23)6-8-21(26)25-19/h3-10,12-14H,11H2,1-2H3,(H,24,27)/t14-/m1/s1. The van der Waals surface area contributed by atoms with Crippen LogP contribution in [0.15, 0.2) is 60.9 Å². The molecular weight excluding hydrogens is 374 g/mol. The van der Waals surface area contributed by atoms with Crippen LogP contribution in [0.25, 0.3) is 16.4 Å². The quantitative estimate of drug-likeness (QED) is 0.540. The fraction of sp³-hybridized carbons (Fsp3) is 0.182. The summed E-state index contributed by atoms with van der Waals surface area (Å²) in [7, 11) is 1.65. The van der Waals surface area contributed by atoms with Gasteiger partial charge >= 0.3 is 0 Å². The molecule has 4 rings (SSSR count). The molecule has 6 heteroatoms. The molecule has 2 heterocycles. The number of fused-ring (bicyclic) bond motifs is 2. The second-order valence-corrected chi connectivity index (χ2v) is 7.19. The zero-order valence-electron chi connectivity index (χ0n) is 15.6. The first-order chi connectivity index (χ1) is 13.5. The lowest BCUT2D eigenvalue weighted by Gasteiger charge is -2.13. The number of ether oxygens (including phenoxy) is 1. The number of imidazole rings is 1. The molecule has 0 bridgehead atoms. The number of pyridine rings is 1. The number of amides is 1. The summed E-state index contributed by atoms with van der Waals surface area (Å²) in [6.45, 7) is 2.27. The van der Waals surface area contributed by atoms with E-state index in [1.165, 1.54) is 0 Å². The second kappa shape index (κ2) is 7.52. The van der Waals surface area contributed by atoms with Gasteiger partial charge in [0.1, 0.15) is 11.4 Å². The molecule has 5 nitrogen and oxygen atoms in total. The van der Waals surface area contributed by atoms with E-state index in [2.05, 4.69) is 10.3 Å². The van der Waals surface area contributed by atoms with Gasteiger partial charge in [-0.1, -0.05) is 35.9 Å². The Morgan fingerprint density at radius 2 is 1.93 bits per heavy atom. The van der Waals surface area contributed by atoms with Crippen molar-refractivity contribution in [1.29, 1.82) is 0 Å². The molecule has 0 saturated heterocycles. The van der Waals surface area contributed by atoms with E-state index in [4.69, 9.17) is 16.3 Å². The summed E-state index contributed by atoms with van der Waals surface area (Å²) in [5.74, 6) is 0.515. The number of nitrogens with one attached hydrogen (secondary N) is 1. The van der Waals surface area contributed by atoms with E-state index in [-0.39, 0.29) is 11.8 Å². The third-order valence-electron chi connectivity index (χ3n) is 4.87. The Kier molecular flexibility index (Phi) is 4.92. The summed E-state index contributed by atoms with van der Waals surface area (Å²) < 4.78 is 7.11. The molecule has 0 radical (unpaired) electrons. The molecule has 2 aromatic heterocycles. The van der Waals surface area contributed by atoms with Gasteiger partial charge in [0, 0.05) is 12.4 Å². The highest BCUT2D eigenvalue weighted by Gasteiger charge is 2.16. The summed E-state index contributed by atoms with van der Waals surface area (Å²) in [6.07, 6.45) is 3.66. The van der Waals surface area contributed by atoms with Gasteiger partial charge in [0.25, 0.3) is 0 Å². The fourth-order valence-electron chi connectivity index (χ4n) is 3.22. The summed E-state index contributed by atoms with van der Waals surface area (Å²) in [6, 6.07) is 15.6. The molecule has 1 atom stereocenters. The molecular formula is C22H20ClN3O2. The van der Waals surface area contributed by atoms with Gasteiger partial charge in [-0.25, -0.2) is 4.98 Å². The van der Waals surface area contributed by atoms with Crippen molar-refractivity contribution >= 4 is 33.9 Å². The van der Waals surface area contributed by atoms with Gasteiger partial charge in [-0.05, 0) is 47.5 Å². The number of carbonyl (C=O) groups excluding carboxylic acids is 1. The maximum Gasteiger partial charge on any atom is 0.227 e. The van der Waals surface area contributed by atoms with Gasteiger partial charge in [-0.2, -0.15) is 0 Å². The molecule has 0 spiro atoms. The number of methoxy groups -OCH3 is 1. The Balaban J connectivity index is 1.47. The van der Waals surface area contributed by atoms with E-state index >= 15 is 0 Å². The first-order valence-corrected chi connectivity index (χ1v) is 9.40. The first kappa shape index (κ1) is 18.3. The van der Waals surface area contributed by atoms with E-state index in [1.807, 2.05) is 60.0 Å². The third kappa shape index (κ3) is 3.66. The molecule has 0 fully saturated rings. The van der Waals surface area contributed by atoms with E-state index in [1.54, 1.807) is 19.4 Å². The van der Waals surface area contributed by atoms with Crippen LogP contribution in [-0.4, -0.2) is 22.4 Å². The van der Waals surface area contributed by atoms with Gasteiger partial charge in [-0.3, -0.25) is 4.79 Å². The minimum absolute atomic E-state index is 0.0389. The highest BCUT2D eigenvalue weighted by atomic mass is 35.5. The minimum atomic E-state index is -0.266. The lowest BCUT2D eigenvalue weighted by atomic mass is 9.97. The van der Waals surface area contributed by atoms with Crippen LogP contribution in [0, 0.1) is 0 Å². The molecule has 0 saturated carbocycles. The number of aromatic nitrogens is 2. The van der Waals surface area contributed by atoms with Crippen LogP contribution in [0.4, 0.5) is 0 Å². The average Bonchev–Trinajstić information content (AvgIpc) is 3.12. The summed E-state index contributed by atoms with van der Waals surface area (Å²) in [5.41, 5.74) is 2.55. The Morgan fingerprint density at radius 3 is 2.75 bits per heavy atom. The van der Waals surface area contributed by atoms with Gasteiger partial charge in [0.15, 0.2) is 0 Å². The number of nitrogens with zero attached hydrogens (tertiary/aromatic N) is 2. The monoisotopic (exact) mass is 393 g/mol. The van der Waals surface area contributed by atoms with Crippen molar-refractivity contribution in [3.63, 3.8) is 0 Å². The fourth-order valence-corrected chi connectivity index (χ4v) is 3.39. The molecule has 0 unspecified atom stereocenters. The Hall–Kier alpha value is -3.05. The number of hydrogen-bond donors (Lipinski definition) is 1.